The number of hydrogen-bond acceptors (Lipinski definition) is 1. The largest absolute Gasteiger partial charge is 0.300 e. The molecule has 1 nitrogen and oxygen atoms in total. The van der Waals surface area contributed by atoms with Crippen molar-refractivity contribution >= 4 is 5.78 Å². The molecule has 0 rings (SSSR count). The van der Waals surface area contributed by atoms with E-state index < -0.39 is 0 Å². The zero-order valence-corrected chi connectivity index (χ0v) is 7.60. The van der Waals surface area contributed by atoms with E-state index in [0.29, 0.717) is 0 Å². The molecular weight excluding hydrogens is 377 g/mol. The second kappa shape index (κ2) is 10.2. The SMILES string of the molecule is CC(C)=O.[Dy].[Dy]. The first-order valence-corrected chi connectivity index (χ1v) is 1.20. The summed E-state index contributed by atoms with van der Waals surface area (Å²) in [7, 11) is 0. The van der Waals surface area contributed by atoms with E-state index in [0.717, 1.165) is 0 Å². The van der Waals surface area contributed by atoms with Gasteiger partial charge in [0.15, 0.2) is 0 Å². The number of carbonyl (C=O) groups is 1. The molecule has 0 saturated carbocycles. The van der Waals surface area contributed by atoms with Crippen molar-refractivity contribution in [2.24, 2.45) is 0 Å². The summed E-state index contributed by atoms with van der Waals surface area (Å²) in [6, 6.07) is 0. The van der Waals surface area contributed by atoms with Crippen molar-refractivity contribution in [3.8, 4) is 0 Å². The quantitative estimate of drug-likeness (QED) is 0.599. The third-order valence-corrected chi connectivity index (χ3v) is 0. The summed E-state index contributed by atoms with van der Waals surface area (Å²) in [6.45, 7) is 3.06. The van der Waals surface area contributed by atoms with Gasteiger partial charge in [0.2, 0.25) is 0 Å². The van der Waals surface area contributed by atoms with Crippen LogP contribution in [-0.2, 0) is 4.79 Å². The van der Waals surface area contributed by atoms with Crippen LogP contribution in [0.4, 0.5) is 0 Å². The van der Waals surface area contributed by atoms with Crippen LogP contribution in [0.15, 0.2) is 0 Å². The molecule has 0 aromatic carbocycles. The first-order chi connectivity index (χ1) is 1.73. The van der Waals surface area contributed by atoms with Crippen molar-refractivity contribution in [3.05, 3.63) is 0 Å². The molecule has 0 bridgehead atoms. The number of Topliss-reactive ketones (excluding diaryl/α,β-unsaturated/α-hetero) is 1. The van der Waals surface area contributed by atoms with Crippen LogP contribution < -0.4 is 0 Å². The summed E-state index contributed by atoms with van der Waals surface area (Å²) in [5.74, 6) is 0.167. The molecule has 0 spiro atoms. The van der Waals surface area contributed by atoms with Gasteiger partial charge in [0.1, 0.15) is 5.78 Å². The molecule has 0 aromatic heterocycles. The summed E-state index contributed by atoms with van der Waals surface area (Å²) in [5.41, 5.74) is 0. The van der Waals surface area contributed by atoms with E-state index in [1.165, 1.54) is 13.8 Å². The fourth-order valence-electron chi connectivity index (χ4n) is 0. The molecule has 0 unspecified atom stereocenters. The van der Waals surface area contributed by atoms with Crippen molar-refractivity contribution in [1.82, 2.24) is 0 Å². The topological polar surface area (TPSA) is 17.1 Å². The van der Waals surface area contributed by atoms with Crippen molar-refractivity contribution in [3.63, 3.8) is 0 Å². The van der Waals surface area contributed by atoms with E-state index in [1.54, 1.807) is 0 Å². The summed E-state index contributed by atoms with van der Waals surface area (Å²) < 4.78 is 0. The molecule has 0 aromatic rings. The number of rotatable bonds is 0. The number of carbonyl (C=O) groups excluding carboxylic acids is 1. The maximum Gasteiger partial charge on any atom is 0.126 e. The third-order valence-electron chi connectivity index (χ3n) is 0. The molecule has 44 valence electrons. The van der Waals surface area contributed by atoms with Crippen molar-refractivity contribution in [2.75, 3.05) is 0 Å². The summed E-state index contributed by atoms with van der Waals surface area (Å²) >= 11 is 0. The molecule has 0 aliphatic carbocycles. The Labute approximate surface area is 98.7 Å². The van der Waals surface area contributed by atoms with Gasteiger partial charge in [0.25, 0.3) is 0 Å². The van der Waals surface area contributed by atoms with Crippen LogP contribution in [0.3, 0.4) is 0 Å². The zero-order chi connectivity index (χ0) is 3.58. The second-order valence-electron chi connectivity index (χ2n) is 0.908. The second-order valence-corrected chi connectivity index (χ2v) is 0.908. The monoisotopic (exact) mass is 386 g/mol. The van der Waals surface area contributed by atoms with E-state index in [9.17, 15) is 4.79 Å². The minimum Gasteiger partial charge on any atom is -0.300 e. The van der Waals surface area contributed by atoms with Gasteiger partial charge in [0, 0.05) is 76.3 Å². The van der Waals surface area contributed by atoms with Crippen molar-refractivity contribution in [1.29, 1.82) is 0 Å². The van der Waals surface area contributed by atoms with Crippen LogP contribution >= 0.6 is 0 Å². The Balaban J connectivity index is -0.0000000450. The standard InChI is InChI=1S/C3H6O.2Dy/c1-3(2)4;;/h1-2H3;;. The first kappa shape index (κ1) is 15.7. The predicted molar refractivity (Wildman–Crippen MR) is 16.4 cm³/mol. The molecule has 0 aliphatic heterocycles. The molecule has 0 radical (unpaired) electrons. The van der Waals surface area contributed by atoms with Gasteiger partial charge in [-0.25, -0.2) is 0 Å². The maximum absolute atomic E-state index is 9.44. The van der Waals surface area contributed by atoms with Gasteiger partial charge in [-0.2, -0.15) is 0 Å². The minimum atomic E-state index is 0. The van der Waals surface area contributed by atoms with Gasteiger partial charge in [0.05, 0.1) is 0 Å². The van der Waals surface area contributed by atoms with Crippen LogP contribution in [-0.4, -0.2) is 5.78 Å². The third kappa shape index (κ3) is 34.4. The van der Waals surface area contributed by atoms with Gasteiger partial charge in [-0.05, 0) is 13.8 Å². The molecule has 0 fully saturated rings. The Morgan fingerprint density at radius 1 is 1.17 bits per heavy atom. The van der Waals surface area contributed by atoms with Gasteiger partial charge in [-0.1, -0.05) is 0 Å². The van der Waals surface area contributed by atoms with Gasteiger partial charge in [-0.15, -0.1) is 0 Å². The molecule has 0 amide bonds. The fourth-order valence-corrected chi connectivity index (χ4v) is 0. The van der Waals surface area contributed by atoms with Crippen LogP contribution in [0.25, 0.3) is 0 Å². The molecule has 6 heavy (non-hydrogen) atoms. The van der Waals surface area contributed by atoms with Crippen LogP contribution in [0, 0.1) is 76.3 Å². The summed E-state index contributed by atoms with van der Waals surface area (Å²) in [4.78, 5) is 9.44. The van der Waals surface area contributed by atoms with Crippen molar-refractivity contribution in [2.45, 2.75) is 13.8 Å². The summed E-state index contributed by atoms with van der Waals surface area (Å²) in [5, 5.41) is 0. The average molecular weight is 383 g/mol. The molecule has 3 heteroatoms. The minimum absolute atomic E-state index is 0. The fraction of sp³-hybridized carbons (Fsp3) is 0.667. The number of hydrogen-bond donors (Lipinski definition) is 0. The zero-order valence-electron chi connectivity index (χ0n) is 3.54. The van der Waals surface area contributed by atoms with Gasteiger partial charge >= 0.3 is 0 Å². The van der Waals surface area contributed by atoms with E-state index in [4.69, 9.17) is 0 Å². The van der Waals surface area contributed by atoms with Crippen LogP contribution in [0.5, 0.6) is 0 Å². The molecular formula is C3H6Dy2O. The molecule has 0 saturated heterocycles. The van der Waals surface area contributed by atoms with E-state index in [1.807, 2.05) is 0 Å². The van der Waals surface area contributed by atoms with Gasteiger partial charge < -0.3 is 4.79 Å². The normalized spacial score (nSPS) is 4.33. The van der Waals surface area contributed by atoms with Crippen molar-refractivity contribution < 1.29 is 81.1 Å². The summed E-state index contributed by atoms with van der Waals surface area (Å²) in [6.07, 6.45) is 0. The van der Waals surface area contributed by atoms with Gasteiger partial charge in [-0.3, -0.25) is 0 Å². The maximum atomic E-state index is 9.44. The Morgan fingerprint density at radius 2 is 1.17 bits per heavy atom. The van der Waals surface area contributed by atoms with E-state index in [2.05, 4.69) is 0 Å². The Hall–Kier alpha value is 2.22. The van der Waals surface area contributed by atoms with E-state index >= 15 is 0 Å². The Bertz CT molecular complexity index is 31.8. The molecule has 0 atom stereocenters. The number of ketones is 1. The first-order valence-electron chi connectivity index (χ1n) is 1.20. The van der Waals surface area contributed by atoms with Crippen LogP contribution in [0.2, 0.25) is 0 Å². The average Bonchev–Trinajstić information content (AvgIpc) is 0.811. The molecule has 0 aliphatic rings. The Kier molecular flexibility index (Phi) is 26.9. The van der Waals surface area contributed by atoms with E-state index in [-0.39, 0.29) is 82.1 Å². The Morgan fingerprint density at radius 3 is 1.17 bits per heavy atom. The molecule has 0 N–H and O–H groups in total. The van der Waals surface area contributed by atoms with Crippen LogP contribution in [0.1, 0.15) is 13.8 Å². The molecule has 0 heterocycles. The smallest absolute Gasteiger partial charge is 0.126 e. The predicted octanol–water partition coefficient (Wildman–Crippen LogP) is 0.595.